The molecule has 0 aliphatic carbocycles. The van der Waals surface area contributed by atoms with E-state index in [9.17, 15) is 4.79 Å². The molecule has 0 amide bonds. The maximum absolute atomic E-state index is 12.2. The van der Waals surface area contributed by atoms with Crippen molar-refractivity contribution in [3.05, 3.63) is 27.0 Å². The largest absolute Gasteiger partial charge is 0.398 e. The highest BCUT2D eigenvalue weighted by Gasteiger charge is 2.05. The minimum Gasteiger partial charge on any atom is -0.398 e. The Morgan fingerprint density at radius 3 is 2.61 bits per heavy atom. The van der Waals surface area contributed by atoms with Crippen LogP contribution >= 0.6 is 0 Å². The summed E-state index contributed by atoms with van der Waals surface area (Å²) in [5.41, 5.74) is 6.52. The van der Waals surface area contributed by atoms with Gasteiger partial charge >= 0.3 is 0 Å². The normalized spacial score (nSPS) is 14.3. The van der Waals surface area contributed by atoms with E-state index in [1.54, 1.807) is 12.3 Å². The van der Waals surface area contributed by atoms with Gasteiger partial charge in [-0.15, -0.1) is 0 Å². The Balaban J connectivity index is 3.31. The van der Waals surface area contributed by atoms with Crippen LogP contribution in [-0.2, 0) is 0 Å². The van der Waals surface area contributed by atoms with Gasteiger partial charge in [0.2, 0.25) is 0 Å². The number of hydrogen-bond acceptors (Lipinski definition) is 4. The van der Waals surface area contributed by atoms with Crippen molar-refractivity contribution in [3.8, 4) is 0 Å². The van der Waals surface area contributed by atoms with Crippen LogP contribution in [0.2, 0.25) is 0 Å². The molecule has 0 atom stereocenters. The van der Waals surface area contributed by atoms with E-state index in [0.717, 1.165) is 25.7 Å². The number of nitrogens with one attached hydrogen (secondary N) is 2. The van der Waals surface area contributed by atoms with Crippen LogP contribution in [0.4, 0.5) is 5.69 Å². The standard InChI is InChI=1S/C18H28N4O/c1-5-6-7-8-9-14-15(20)10-16(22-17(14)23)13(11-19)12-21-18(2,3)4/h9-12,19H,5-8,20H2,1-4H3,(H,22,23)/b14-9+,16-13?,19-11?,21-12?. The molecule has 0 unspecified atom stereocenters. The van der Waals surface area contributed by atoms with Gasteiger partial charge in [-0.05, 0) is 39.7 Å². The van der Waals surface area contributed by atoms with Crippen molar-refractivity contribution in [3.63, 3.8) is 0 Å². The van der Waals surface area contributed by atoms with E-state index >= 15 is 0 Å². The number of unbranched alkanes of at least 4 members (excludes halogenated alkanes) is 3. The van der Waals surface area contributed by atoms with Crippen LogP contribution in [-0.4, -0.2) is 23.0 Å². The molecular weight excluding hydrogens is 288 g/mol. The van der Waals surface area contributed by atoms with Gasteiger partial charge in [-0.1, -0.05) is 25.8 Å². The fourth-order valence-corrected chi connectivity index (χ4v) is 2.04. The number of H-pyrrole nitrogens is 1. The molecule has 0 fully saturated rings. The third-order valence-corrected chi connectivity index (χ3v) is 3.32. The monoisotopic (exact) mass is 316 g/mol. The lowest BCUT2D eigenvalue weighted by molar-refractivity contribution is 0.587. The SMILES string of the molecule is CCCCC/C=c1\c(N)cc(=C(C=N)C=NC(C)(C)C)[nH]c1=O. The van der Waals surface area contributed by atoms with Crippen LogP contribution in [0, 0.1) is 5.41 Å². The Morgan fingerprint density at radius 2 is 2.09 bits per heavy atom. The maximum Gasteiger partial charge on any atom is 0.257 e. The summed E-state index contributed by atoms with van der Waals surface area (Å²) >= 11 is 0. The number of nitrogens with zero attached hydrogens (tertiary/aromatic N) is 1. The summed E-state index contributed by atoms with van der Waals surface area (Å²) in [4.78, 5) is 19.4. The molecule has 1 aromatic heterocycles. The lowest BCUT2D eigenvalue weighted by atomic mass is 10.1. The lowest BCUT2D eigenvalue weighted by Crippen LogP contribution is -2.36. The van der Waals surface area contributed by atoms with Gasteiger partial charge in [-0.2, -0.15) is 0 Å². The Kier molecular flexibility index (Phi) is 6.94. The Bertz CT molecular complexity index is 736. The third kappa shape index (κ3) is 6.22. The number of aromatic nitrogens is 1. The van der Waals surface area contributed by atoms with Gasteiger partial charge < -0.3 is 16.1 Å². The van der Waals surface area contributed by atoms with E-state index in [4.69, 9.17) is 11.1 Å². The summed E-state index contributed by atoms with van der Waals surface area (Å²) in [6.45, 7) is 8.05. The number of aliphatic imine (C=N–C) groups is 1. The maximum atomic E-state index is 12.2. The Morgan fingerprint density at radius 1 is 1.39 bits per heavy atom. The van der Waals surface area contributed by atoms with Crippen molar-refractivity contribution in [1.82, 2.24) is 4.98 Å². The molecule has 0 bridgehead atoms. The molecule has 126 valence electrons. The van der Waals surface area contributed by atoms with Crippen molar-refractivity contribution in [1.29, 1.82) is 5.41 Å². The smallest absolute Gasteiger partial charge is 0.257 e. The van der Waals surface area contributed by atoms with E-state index in [1.807, 2.05) is 26.8 Å². The number of rotatable bonds is 6. The molecule has 0 aromatic carbocycles. The lowest BCUT2D eigenvalue weighted by Gasteiger charge is -2.10. The summed E-state index contributed by atoms with van der Waals surface area (Å²) < 4.78 is 0. The van der Waals surface area contributed by atoms with E-state index in [-0.39, 0.29) is 11.1 Å². The number of nitrogen functional groups attached to an aromatic ring is 1. The number of anilines is 1. The number of nitrogens with two attached hydrogens (primary N) is 1. The molecule has 0 spiro atoms. The highest BCUT2D eigenvalue weighted by Crippen LogP contribution is 2.05. The summed E-state index contributed by atoms with van der Waals surface area (Å²) in [6.07, 6.45) is 8.83. The second kappa shape index (κ2) is 8.46. The van der Waals surface area contributed by atoms with Gasteiger partial charge in [-0.25, -0.2) is 0 Å². The molecule has 0 saturated heterocycles. The van der Waals surface area contributed by atoms with Crippen molar-refractivity contribution in [2.45, 2.75) is 58.9 Å². The molecule has 1 heterocycles. The molecule has 0 aliphatic heterocycles. The van der Waals surface area contributed by atoms with Gasteiger partial charge in [0.25, 0.3) is 5.56 Å². The van der Waals surface area contributed by atoms with Gasteiger partial charge in [0, 0.05) is 23.7 Å². The predicted molar refractivity (Wildman–Crippen MR) is 99.8 cm³/mol. The molecule has 23 heavy (non-hydrogen) atoms. The molecule has 0 aliphatic rings. The predicted octanol–water partition coefficient (Wildman–Crippen LogP) is 1.99. The quantitative estimate of drug-likeness (QED) is 0.553. The van der Waals surface area contributed by atoms with Crippen LogP contribution in [0.15, 0.2) is 15.9 Å². The van der Waals surface area contributed by atoms with Gasteiger partial charge in [0.15, 0.2) is 0 Å². The van der Waals surface area contributed by atoms with Crippen LogP contribution in [0.5, 0.6) is 0 Å². The van der Waals surface area contributed by atoms with Crippen LogP contribution in [0.1, 0.15) is 53.4 Å². The number of pyridine rings is 1. The summed E-state index contributed by atoms with van der Waals surface area (Å²) in [6, 6.07) is 1.70. The zero-order chi connectivity index (χ0) is 17.5. The first kappa shape index (κ1) is 18.9. The van der Waals surface area contributed by atoms with Crippen molar-refractivity contribution in [2.75, 3.05) is 5.73 Å². The molecule has 1 aromatic rings. The average Bonchev–Trinajstić information content (AvgIpc) is 2.45. The summed E-state index contributed by atoms with van der Waals surface area (Å²) in [5.74, 6) is 0. The third-order valence-electron chi connectivity index (χ3n) is 3.32. The number of hydrogen-bond donors (Lipinski definition) is 3. The fraction of sp³-hybridized carbons (Fsp3) is 0.500. The molecule has 0 saturated carbocycles. The second-order valence-corrected chi connectivity index (χ2v) is 6.61. The van der Waals surface area contributed by atoms with E-state index < -0.39 is 0 Å². The first-order valence-electron chi connectivity index (χ1n) is 8.07. The molecule has 4 N–H and O–H groups in total. The second-order valence-electron chi connectivity index (χ2n) is 6.61. The zero-order valence-corrected chi connectivity index (χ0v) is 14.6. The van der Waals surface area contributed by atoms with Gasteiger partial charge in [0.1, 0.15) is 0 Å². The van der Waals surface area contributed by atoms with E-state index in [0.29, 0.717) is 21.8 Å². The first-order chi connectivity index (χ1) is 10.8. The highest BCUT2D eigenvalue weighted by atomic mass is 16.1. The van der Waals surface area contributed by atoms with E-state index in [2.05, 4.69) is 16.9 Å². The number of aromatic amines is 1. The first-order valence-corrected chi connectivity index (χ1v) is 8.07. The van der Waals surface area contributed by atoms with Crippen LogP contribution in [0.3, 0.4) is 0 Å². The molecular formula is C18H28N4O. The van der Waals surface area contributed by atoms with Crippen LogP contribution < -0.4 is 21.9 Å². The van der Waals surface area contributed by atoms with Crippen LogP contribution in [0.25, 0.3) is 11.6 Å². The fourth-order valence-electron chi connectivity index (χ4n) is 2.04. The van der Waals surface area contributed by atoms with Gasteiger partial charge in [0.05, 0.1) is 16.1 Å². The summed E-state index contributed by atoms with van der Waals surface area (Å²) in [5, 5.41) is 8.56. The molecule has 1 rings (SSSR count). The average molecular weight is 316 g/mol. The topological polar surface area (TPSA) is 95.1 Å². The summed E-state index contributed by atoms with van der Waals surface area (Å²) in [7, 11) is 0. The molecule has 5 heteroatoms. The van der Waals surface area contributed by atoms with Crippen molar-refractivity contribution in [2.24, 2.45) is 4.99 Å². The van der Waals surface area contributed by atoms with Crippen molar-refractivity contribution >= 4 is 29.8 Å². The Labute approximate surface area is 137 Å². The minimum atomic E-state index is -0.243. The van der Waals surface area contributed by atoms with Crippen molar-refractivity contribution < 1.29 is 0 Å². The highest BCUT2D eigenvalue weighted by molar-refractivity contribution is 6.27. The minimum absolute atomic E-state index is 0.222. The molecule has 5 nitrogen and oxygen atoms in total. The van der Waals surface area contributed by atoms with Gasteiger partial charge in [-0.3, -0.25) is 9.79 Å². The van der Waals surface area contributed by atoms with E-state index in [1.165, 1.54) is 6.21 Å². The Hall–Kier alpha value is -2.17. The molecule has 0 radical (unpaired) electrons. The zero-order valence-electron chi connectivity index (χ0n) is 14.6.